The summed E-state index contributed by atoms with van der Waals surface area (Å²) in [4.78, 5) is 4.54. The van der Waals surface area contributed by atoms with Gasteiger partial charge in [0.2, 0.25) is 0 Å². The van der Waals surface area contributed by atoms with Gasteiger partial charge >= 0.3 is 0 Å². The van der Waals surface area contributed by atoms with Gasteiger partial charge < -0.3 is 10.2 Å². The molecular formula is C13H15Br2NO2. The van der Waals surface area contributed by atoms with Gasteiger partial charge in [0.05, 0.1) is 16.6 Å². The van der Waals surface area contributed by atoms with Crippen LogP contribution in [0.4, 0.5) is 0 Å². The summed E-state index contributed by atoms with van der Waals surface area (Å²) in [6.07, 6.45) is 5.12. The largest absolute Gasteiger partial charge is 0.507 e. The third-order valence-electron chi connectivity index (χ3n) is 3.19. The van der Waals surface area contributed by atoms with E-state index in [4.69, 9.17) is 0 Å². The Morgan fingerprint density at radius 2 is 1.83 bits per heavy atom. The van der Waals surface area contributed by atoms with E-state index in [9.17, 15) is 10.2 Å². The number of aliphatic imine (C=N–C) groups is 1. The van der Waals surface area contributed by atoms with Crippen LogP contribution >= 0.6 is 31.9 Å². The highest BCUT2D eigenvalue weighted by molar-refractivity contribution is 9.11. The van der Waals surface area contributed by atoms with E-state index in [1.807, 2.05) is 0 Å². The maximum atomic E-state index is 9.63. The van der Waals surface area contributed by atoms with Crippen LogP contribution in [0.3, 0.4) is 0 Å². The highest BCUT2D eigenvalue weighted by Gasteiger charge is 2.18. The van der Waals surface area contributed by atoms with E-state index in [1.165, 1.54) is 0 Å². The summed E-state index contributed by atoms with van der Waals surface area (Å²) in [5.41, 5.74) is 0.848. The highest BCUT2D eigenvalue weighted by atomic mass is 79.9. The van der Waals surface area contributed by atoms with Crippen molar-refractivity contribution in [3.8, 4) is 5.75 Å². The molecule has 0 spiro atoms. The normalized spacial score (nSPS) is 24.6. The molecule has 0 amide bonds. The number of aliphatic hydroxyl groups excluding tert-OH is 1. The Labute approximate surface area is 123 Å². The number of hydrogen-bond acceptors (Lipinski definition) is 3. The first kappa shape index (κ1) is 14.0. The minimum Gasteiger partial charge on any atom is -0.507 e. The molecule has 0 aliphatic heterocycles. The Kier molecular flexibility index (Phi) is 4.81. The lowest BCUT2D eigenvalue weighted by Crippen LogP contribution is -2.20. The van der Waals surface area contributed by atoms with Crippen molar-refractivity contribution in [2.45, 2.75) is 37.8 Å². The van der Waals surface area contributed by atoms with Crippen molar-refractivity contribution in [3.05, 3.63) is 26.6 Å². The molecule has 1 aromatic rings. The number of hydrogen-bond donors (Lipinski definition) is 2. The van der Waals surface area contributed by atoms with Gasteiger partial charge in [0.15, 0.2) is 0 Å². The average Bonchev–Trinajstić information content (AvgIpc) is 2.36. The maximum absolute atomic E-state index is 9.63. The maximum Gasteiger partial charge on any atom is 0.130 e. The summed E-state index contributed by atoms with van der Waals surface area (Å²) in [6.45, 7) is 0. The Balaban J connectivity index is 2.11. The number of aliphatic hydroxyl groups is 1. The molecule has 2 rings (SSSR count). The first-order chi connectivity index (χ1) is 8.58. The van der Waals surface area contributed by atoms with Gasteiger partial charge in [-0.1, -0.05) is 15.9 Å². The molecule has 0 bridgehead atoms. The fourth-order valence-corrected chi connectivity index (χ4v) is 3.21. The summed E-state index contributed by atoms with van der Waals surface area (Å²) < 4.78 is 1.54. The molecule has 0 aromatic heterocycles. The van der Waals surface area contributed by atoms with E-state index in [-0.39, 0.29) is 17.9 Å². The van der Waals surface area contributed by atoms with Crippen LogP contribution in [0.1, 0.15) is 31.2 Å². The molecule has 0 radical (unpaired) electrons. The first-order valence-electron chi connectivity index (χ1n) is 5.96. The topological polar surface area (TPSA) is 52.8 Å². The number of nitrogens with zero attached hydrogens (tertiary/aromatic N) is 1. The average molecular weight is 377 g/mol. The number of benzene rings is 1. The Bertz CT molecular complexity index is 455. The Hall–Kier alpha value is -0.390. The summed E-state index contributed by atoms with van der Waals surface area (Å²) in [6, 6.07) is 3.70. The summed E-state index contributed by atoms with van der Waals surface area (Å²) in [7, 11) is 0. The number of halogens is 2. The molecule has 0 unspecified atom stereocenters. The fourth-order valence-electron chi connectivity index (χ4n) is 2.06. The van der Waals surface area contributed by atoms with Crippen LogP contribution in [-0.2, 0) is 0 Å². The summed E-state index contributed by atoms with van der Waals surface area (Å²) in [5.74, 6) is 0.207. The zero-order valence-electron chi connectivity index (χ0n) is 9.81. The van der Waals surface area contributed by atoms with Gasteiger partial charge in [0.25, 0.3) is 0 Å². The van der Waals surface area contributed by atoms with Crippen molar-refractivity contribution >= 4 is 38.1 Å². The molecule has 1 saturated carbocycles. The van der Waals surface area contributed by atoms with Crippen molar-refractivity contribution in [2.24, 2.45) is 4.99 Å². The molecule has 1 aliphatic rings. The van der Waals surface area contributed by atoms with Gasteiger partial charge in [-0.2, -0.15) is 0 Å². The smallest absolute Gasteiger partial charge is 0.130 e. The van der Waals surface area contributed by atoms with Gasteiger partial charge in [0.1, 0.15) is 5.75 Å². The molecule has 1 fully saturated rings. The van der Waals surface area contributed by atoms with Gasteiger partial charge in [0, 0.05) is 16.3 Å². The minimum absolute atomic E-state index is 0.157. The lowest BCUT2D eigenvalue weighted by atomic mass is 9.93. The second-order valence-corrected chi connectivity index (χ2v) is 6.18. The molecule has 0 atom stereocenters. The van der Waals surface area contributed by atoms with Crippen LogP contribution in [0.2, 0.25) is 0 Å². The van der Waals surface area contributed by atoms with Crippen LogP contribution in [-0.4, -0.2) is 28.6 Å². The quantitative estimate of drug-likeness (QED) is 0.774. The molecule has 1 aromatic carbocycles. The van der Waals surface area contributed by atoms with Crippen molar-refractivity contribution in [1.82, 2.24) is 0 Å². The predicted molar refractivity (Wildman–Crippen MR) is 79.4 cm³/mol. The van der Waals surface area contributed by atoms with Gasteiger partial charge in [-0.3, -0.25) is 4.99 Å². The third kappa shape index (κ3) is 3.33. The van der Waals surface area contributed by atoms with Crippen LogP contribution in [0.15, 0.2) is 26.1 Å². The monoisotopic (exact) mass is 375 g/mol. The van der Waals surface area contributed by atoms with Gasteiger partial charge in [-0.25, -0.2) is 0 Å². The lowest BCUT2D eigenvalue weighted by Gasteiger charge is -2.22. The van der Waals surface area contributed by atoms with E-state index in [0.29, 0.717) is 4.47 Å². The Morgan fingerprint density at radius 3 is 2.50 bits per heavy atom. The zero-order valence-corrected chi connectivity index (χ0v) is 13.0. The minimum atomic E-state index is -0.157. The first-order valence-corrected chi connectivity index (χ1v) is 7.54. The number of phenolic OH excluding ortho intramolecular Hbond substituents is 1. The molecule has 98 valence electrons. The van der Waals surface area contributed by atoms with E-state index >= 15 is 0 Å². The molecule has 3 nitrogen and oxygen atoms in total. The fraction of sp³-hybridized carbons (Fsp3) is 0.462. The Morgan fingerprint density at radius 1 is 1.17 bits per heavy atom. The van der Waals surface area contributed by atoms with Crippen LogP contribution < -0.4 is 0 Å². The molecule has 2 N–H and O–H groups in total. The van der Waals surface area contributed by atoms with E-state index < -0.39 is 0 Å². The third-order valence-corrected chi connectivity index (χ3v) is 4.71. The van der Waals surface area contributed by atoms with Crippen molar-refractivity contribution in [2.75, 3.05) is 0 Å². The predicted octanol–water partition coefficient (Wildman–Crippen LogP) is 3.64. The molecule has 1 aliphatic carbocycles. The van der Waals surface area contributed by atoms with E-state index in [0.717, 1.165) is 35.7 Å². The van der Waals surface area contributed by atoms with E-state index in [2.05, 4.69) is 36.9 Å². The van der Waals surface area contributed by atoms with Crippen LogP contribution in [0, 0.1) is 0 Å². The van der Waals surface area contributed by atoms with Gasteiger partial charge in [-0.15, -0.1) is 0 Å². The van der Waals surface area contributed by atoms with Gasteiger partial charge in [-0.05, 0) is 53.7 Å². The molecule has 18 heavy (non-hydrogen) atoms. The molecule has 0 heterocycles. The number of aromatic hydroxyl groups is 1. The SMILES string of the molecule is Oc1ccc(Br)c(C=N[C@H]2CC[C@H](O)CC2)c1Br. The van der Waals surface area contributed by atoms with Crippen LogP contribution in [0.5, 0.6) is 5.75 Å². The number of rotatable bonds is 2. The second kappa shape index (κ2) is 6.17. The van der Waals surface area contributed by atoms with Crippen molar-refractivity contribution in [1.29, 1.82) is 0 Å². The molecule has 5 heteroatoms. The summed E-state index contributed by atoms with van der Waals surface area (Å²) >= 11 is 6.80. The summed E-state index contributed by atoms with van der Waals surface area (Å²) in [5, 5.41) is 19.1. The molecular weight excluding hydrogens is 362 g/mol. The van der Waals surface area contributed by atoms with Crippen molar-refractivity contribution < 1.29 is 10.2 Å². The second-order valence-electron chi connectivity index (χ2n) is 4.53. The zero-order chi connectivity index (χ0) is 13.1. The highest BCUT2D eigenvalue weighted by Crippen LogP contribution is 2.32. The standard InChI is InChI=1S/C13H15Br2NO2/c14-11-5-6-12(18)13(15)10(11)7-16-8-1-3-9(17)4-2-8/h5-9,17-18H,1-4H2/t8-,9-. The van der Waals surface area contributed by atoms with Crippen molar-refractivity contribution in [3.63, 3.8) is 0 Å². The number of phenols is 1. The lowest BCUT2D eigenvalue weighted by molar-refractivity contribution is 0.123. The van der Waals surface area contributed by atoms with E-state index in [1.54, 1.807) is 18.3 Å². The van der Waals surface area contributed by atoms with Crippen LogP contribution in [0.25, 0.3) is 0 Å². The molecule has 0 saturated heterocycles.